The Labute approximate surface area is 194 Å². The van der Waals surface area contributed by atoms with Crippen molar-refractivity contribution in [3.05, 3.63) is 81.1 Å². The zero-order valence-electron chi connectivity index (χ0n) is 18.4. The molecule has 4 heterocycles. The summed E-state index contributed by atoms with van der Waals surface area (Å²) < 4.78 is 11.7. The molecule has 2 aromatic carbocycles. The highest BCUT2D eigenvalue weighted by Crippen LogP contribution is 2.33. The van der Waals surface area contributed by atoms with Gasteiger partial charge in [0.1, 0.15) is 5.39 Å². The van der Waals surface area contributed by atoms with Gasteiger partial charge < -0.3 is 14.4 Å². The number of hydrogen-bond acceptors (Lipinski definition) is 7. The predicted octanol–water partition coefficient (Wildman–Crippen LogP) is 2.66. The van der Waals surface area contributed by atoms with Crippen LogP contribution >= 0.6 is 0 Å². The Balaban J connectivity index is 1.25. The molecule has 0 aliphatic carbocycles. The smallest absolute Gasteiger partial charge is 0.334 e. The maximum absolute atomic E-state index is 13.1. The summed E-state index contributed by atoms with van der Waals surface area (Å²) in [6.45, 7) is 1.78. The zero-order valence-corrected chi connectivity index (χ0v) is 18.4. The molecule has 0 saturated carbocycles. The van der Waals surface area contributed by atoms with E-state index in [1.54, 1.807) is 18.2 Å². The second-order valence-corrected chi connectivity index (χ2v) is 8.66. The van der Waals surface area contributed by atoms with Gasteiger partial charge >= 0.3 is 5.69 Å². The lowest BCUT2D eigenvalue weighted by atomic mass is 9.90. The SMILES string of the molecule is O=c1[nH]c2nc(N3CCC(Cc4ccccc4)CC3)ncc2c(=O)n1-c1ccc2c(c1)OCO2. The number of fused-ring (bicyclic) bond motifs is 2. The lowest BCUT2D eigenvalue weighted by Gasteiger charge is -2.32. The molecule has 9 heteroatoms. The van der Waals surface area contributed by atoms with Crippen LogP contribution < -0.4 is 25.6 Å². The zero-order chi connectivity index (χ0) is 23.1. The molecule has 6 rings (SSSR count). The highest BCUT2D eigenvalue weighted by molar-refractivity contribution is 5.74. The number of hydrogen-bond donors (Lipinski definition) is 1. The monoisotopic (exact) mass is 457 g/mol. The number of aromatic nitrogens is 4. The van der Waals surface area contributed by atoms with E-state index in [4.69, 9.17) is 9.47 Å². The molecule has 0 spiro atoms. The predicted molar refractivity (Wildman–Crippen MR) is 127 cm³/mol. The number of rotatable bonds is 4. The number of ether oxygens (including phenoxy) is 2. The summed E-state index contributed by atoms with van der Waals surface area (Å²) in [4.78, 5) is 39.8. The fraction of sp³-hybridized carbons (Fsp3) is 0.280. The molecule has 0 bridgehead atoms. The summed E-state index contributed by atoms with van der Waals surface area (Å²) in [5.74, 6) is 2.22. The van der Waals surface area contributed by atoms with Gasteiger partial charge in [0.25, 0.3) is 5.56 Å². The molecule has 0 atom stereocenters. The summed E-state index contributed by atoms with van der Waals surface area (Å²) in [6, 6.07) is 15.5. The number of H-pyrrole nitrogens is 1. The van der Waals surface area contributed by atoms with Crippen molar-refractivity contribution in [3.63, 3.8) is 0 Å². The molecule has 1 saturated heterocycles. The van der Waals surface area contributed by atoms with E-state index in [-0.39, 0.29) is 17.8 Å². The Hall–Kier alpha value is -4.14. The molecule has 172 valence electrons. The van der Waals surface area contributed by atoms with Crippen molar-refractivity contribution in [3.8, 4) is 17.2 Å². The van der Waals surface area contributed by atoms with E-state index in [1.165, 1.54) is 11.8 Å². The lowest BCUT2D eigenvalue weighted by Crippen LogP contribution is -2.36. The minimum Gasteiger partial charge on any atom is -0.454 e. The number of nitrogens with one attached hydrogen (secondary N) is 1. The molecule has 4 aromatic rings. The number of piperidine rings is 1. The quantitative estimate of drug-likeness (QED) is 0.503. The topological polar surface area (TPSA) is 102 Å². The Bertz CT molecular complexity index is 1470. The molecular weight excluding hydrogens is 434 g/mol. The van der Waals surface area contributed by atoms with E-state index in [0.29, 0.717) is 29.1 Å². The summed E-state index contributed by atoms with van der Waals surface area (Å²) in [7, 11) is 0. The van der Waals surface area contributed by atoms with Crippen LogP contribution in [0.5, 0.6) is 11.5 Å². The van der Waals surface area contributed by atoms with Gasteiger partial charge in [-0.25, -0.2) is 14.3 Å². The maximum atomic E-state index is 13.1. The molecule has 2 aromatic heterocycles. The van der Waals surface area contributed by atoms with E-state index in [0.717, 1.165) is 36.9 Å². The maximum Gasteiger partial charge on any atom is 0.334 e. The second-order valence-electron chi connectivity index (χ2n) is 8.66. The third-order valence-corrected chi connectivity index (χ3v) is 6.52. The molecular formula is C25H23N5O4. The lowest BCUT2D eigenvalue weighted by molar-refractivity contribution is 0.174. The third kappa shape index (κ3) is 3.68. The Morgan fingerprint density at radius 1 is 1.00 bits per heavy atom. The van der Waals surface area contributed by atoms with Gasteiger partial charge in [0, 0.05) is 25.4 Å². The van der Waals surface area contributed by atoms with E-state index in [2.05, 4.69) is 44.1 Å². The highest BCUT2D eigenvalue weighted by atomic mass is 16.7. The molecule has 9 nitrogen and oxygen atoms in total. The first kappa shape index (κ1) is 20.5. The van der Waals surface area contributed by atoms with Gasteiger partial charge in [0.2, 0.25) is 12.7 Å². The van der Waals surface area contributed by atoms with E-state index >= 15 is 0 Å². The Morgan fingerprint density at radius 2 is 1.79 bits per heavy atom. The van der Waals surface area contributed by atoms with Crippen LogP contribution in [-0.2, 0) is 6.42 Å². The molecule has 2 aliphatic rings. The van der Waals surface area contributed by atoms with Gasteiger partial charge in [0.15, 0.2) is 17.1 Å². The first-order chi connectivity index (χ1) is 16.7. The average Bonchev–Trinajstić information content (AvgIpc) is 3.33. The summed E-state index contributed by atoms with van der Waals surface area (Å²) in [6.07, 6.45) is 4.65. The Morgan fingerprint density at radius 3 is 2.62 bits per heavy atom. The van der Waals surface area contributed by atoms with Gasteiger partial charge in [-0.3, -0.25) is 9.78 Å². The van der Waals surface area contributed by atoms with Crippen LogP contribution in [-0.4, -0.2) is 39.4 Å². The number of nitrogens with zero attached hydrogens (tertiary/aromatic N) is 4. The van der Waals surface area contributed by atoms with Crippen molar-refractivity contribution < 1.29 is 9.47 Å². The molecule has 0 amide bonds. The van der Waals surface area contributed by atoms with Crippen molar-refractivity contribution in [2.45, 2.75) is 19.3 Å². The fourth-order valence-corrected chi connectivity index (χ4v) is 4.69. The fourth-order valence-electron chi connectivity index (χ4n) is 4.69. The Kier molecular flexibility index (Phi) is 5.01. The van der Waals surface area contributed by atoms with Gasteiger partial charge in [-0.2, -0.15) is 4.98 Å². The van der Waals surface area contributed by atoms with E-state index in [1.807, 2.05) is 6.07 Å². The summed E-state index contributed by atoms with van der Waals surface area (Å²) in [5.41, 5.74) is 0.943. The summed E-state index contributed by atoms with van der Waals surface area (Å²) >= 11 is 0. The van der Waals surface area contributed by atoms with Gasteiger partial charge in [-0.05, 0) is 42.9 Å². The van der Waals surface area contributed by atoms with Crippen molar-refractivity contribution in [1.82, 2.24) is 19.5 Å². The molecule has 1 N–H and O–H groups in total. The van der Waals surface area contributed by atoms with Crippen LogP contribution in [0.2, 0.25) is 0 Å². The van der Waals surface area contributed by atoms with Crippen molar-refractivity contribution in [1.29, 1.82) is 0 Å². The van der Waals surface area contributed by atoms with Crippen LogP contribution in [0.4, 0.5) is 5.95 Å². The first-order valence-electron chi connectivity index (χ1n) is 11.4. The third-order valence-electron chi connectivity index (χ3n) is 6.52. The van der Waals surface area contributed by atoms with Crippen LogP contribution in [0.3, 0.4) is 0 Å². The second kappa shape index (κ2) is 8.33. The standard InChI is InChI=1S/C25H23N5O4/c31-23-19-14-26-24(29-10-8-17(9-11-29)12-16-4-2-1-3-5-16)27-22(19)28-25(32)30(23)18-6-7-20-21(13-18)34-15-33-20/h1-7,13-14,17H,8-12,15H2,(H,26,27,28,32). The molecule has 2 aliphatic heterocycles. The first-order valence-corrected chi connectivity index (χ1v) is 11.4. The minimum absolute atomic E-state index is 0.113. The largest absolute Gasteiger partial charge is 0.454 e. The van der Waals surface area contributed by atoms with Crippen molar-refractivity contribution in [2.75, 3.05) is 24.8 Å². The van der Waals surface area contributed by atoms with Crippen LogP contribution in [0.25, 0.3) is 16.7 Å². The van der Waals surface area contributed by atoms with Crippen molar-refractivity contribution in [2.24, 2.45) is 5.92 Å². The molecule has 1 fully saturated rings. The molecule has 0 unspecified atom stereocenters. The van der Waals surface area contributed by atoms with Gasteiger partial charge in [-0.15, -0.1) is 0 Å². The van der Waals surface area contributed by atoms with E-state index < -0.39 is 11.2 Å². The average molecular weight is 457 g/mol. The van der Waals surface area contributed by atoms with Gasteiger partial charge in [-0.1, -0.05) is 30.3 Å². The number of benzene rings is 2. The molecule has 34 heavy (non-hydrogen) atoms. The van der Waals surface area contributed by atoms with Crippen molar-refractivity contribution >= 4 is 17.0 Å². The van der Waals surface area contributed by atoms with Crippen LogP contribution in [0.15, 0.2) is 64.3 Å². The summed E-state index contributed by atoms with van der Waals surface area (Å²) in [5, 5.41) is 0.250. The van der Waals surface area contributed by atoms with E-state index in [9.17, 15) is 9.59 Å². The minimum atomic E-state index is -0.567. The molecule has 0 radical (unpaired) electrons. The number of aromatic amines is 1. The number of anilines is 1. The van der Waals surface area contributed by atoms with Gasteiger partial charge in [0.05, 0.1) is 5.69 Å². The highest BCUT2D eigenvalue weighted by Gasteiger charge is 2.22. The van der Waals surface area contributed by atoms with Crippen LogP contribution in [0, 0.1) is 5.92 Å². The normalized spacial score (nSPS) is 15.7. The van der Waals surface area contributed by atoms with Crippen LogP contribution in [0.1, 0.15) is 18.4 Å².